The van der Waals surface area contributed by atoms with Gasteiger partial charge in [-0.1, -0.05) is 30.4 Å². The van der Waals surface area contributed by atoms with E-state index in [9.17, 15) is 0 Å². The summed E-state index contributed by atoms with van der Waals surface area (Å²) in [6, 6.07) is 8.40. The maximum atomic E-state index is 6.08. The number of fused-ring (bicyclic) bond motifs is 2. The van der Waals surface area contributed by atoms with Crippen LogP contribution in [0.1, 0.15) is 12.0 Å². The van der Waals surface area contributed by atoms with Crippen LogP contribution in [0, 0.1) is 5.92 Å². The summed E-state index contributed by atoms with van der Waals surface area (Å²) >= 11 is 0. The van der Waals surface area contributed by atoms with Gasteiger partial charge in [-0.05, 0) is 24.1 Å². The molecule has 86 valence electrons. The Kier molecular flexibility index (Phi) is 1.32. The summed E-state index contributed by atoms with van der Waals surface area (Å²) in [7, 11) is 0. The molecule has 18 heavy (non-hydrogen) atoms. The number of nitrogens with zero attached hydrogens (tertiary/aromatic N) is 1. The van der Waals surface area contributed by atoms with Crippen molar-refractivity contribution in [2.75, 3.05) is 0 Å². The molecule has 1 aromatic carbocycles. The predicted octanol–water partition coefficient (Wildman–Crippen LogP) is 3.13. The molecule has 2 aliphatic heterocycles. The molecule has 2 nitrogen and oxygen atoms in total. The summed E-state index contributed by atoms with van der Waals surface area (Å²) in [6.07, 6.45) is 9.47. The second kappa shape index (κ2) is 2.66. The monoisotopic (exact) mass is 233 g/mol. The summed E-state index contributed by atoms with van der Waals surface area (Å²) in [6.45, 7) is 0. The fraction of sp³-hybridized carbons (Fsp3) is 0.188. The van der Waals surface area contributed by atoms with E-state index in [1.807, 2.05) is 12.3 Å². The van der Waals surface area contributed by atoms with E-state index in [4.69, 9.17) is 4.74 Å². The molecule has 1 spiro atoms. The lowest BCUT2D eigenvalue weighted by Gasteiger charge is -2.33. The largest absolute Gasteiger partial charge is 0.460 e. The average molecular weight is 233 g/mol. The van der Waals surface area contributed by atoms with Crippen LogP contribution < -0.4 is 4.74 Å². The minimum Gasteiger partial charge on any atom is -0.460 e. The SMILES string of the molecule is C1=CC2=CN=C3CC3C23C(=C1)Oc1ccccc13. The second-order valence-electron chi connectivity index (χ2n) is 5.26. The first-order valence-corrected chi connectivity index (χ1v) is 6.34. The van der Waals surface area contributed by atoms with Gasteiger partial charge in [-0.2, -0.15) is 0 Å². The second-order valence-corrected chi connectivity index (χ2v) is 5.26. The molecule has 2 unspecified atom stereocenters. The van der Waals surface area contributed by atoms with Crippen LogP contribution in [0.3, 0.4) is 0 Å². The zero-order chi connectivity index (χ0) is 11.7. The van der Waals surface area contributed by atoms with Gasteiger partial charge in [0.25, 0.3) is 0 Å². The van der Waals surface area contributed by atoms with E-state index in [-0.39, 0.29) is 5.41 Å². The molecular formula is C16H11NO. The van der Waals surface area contributed by atoms with Crippen LogP contribution in [-0.2, 0) is 5.41 Å². The smallest absolute Gasteiger partial charge is 0.131 e. The van der Waals surface area contributed by atoms with Crippen LogP contribution in [0.2, 0.25) is 0 Å². The summed E-state index contributed by atoms with van der Waals surface area (Å²) in [5, 5.41) is 0. The van der Waals surface area contributed by atoms with Gasteiger partial charge < -0.3 is 4.74 Å². The molecule has 2 heterocycles. The topological polar surface area (TPSA) is 21.6 Å². The molecule has 1 aromatic rings. The van der Waals surface area contributed by atoms with E-state index in [1.165, 1.54) is 16.8 Å². The Morgan fingerprint density at radius 3 is 3.22 bits per heavy atom. The standard InChI is InChI=1S/C16H11NO/c1-2-6-14-11(5-1)16-10(4-3-7-15(16)18-14)9-17-13-8-12(13)16/h1-7,9,12H,8H2. The van der Waals surface area contributed by atoms with Crippen molar-refractivity contribution in [1.29, 1.82) is 0 Å². The molecule has 0 N–H and O–H groups in total. The molecule has 4 aliphatic rings. The maximum Gasteiger partial charge on any atom is 0.131 e. The Morgan fingerprint density at radius 2 is 2.22 bits per heavy atom. The zero-order valence-electron chi connectivity index (χ0n) is 9.76. The van der Waals surface area contributed by atoms with Crippen LogP contribution >= 0.6 is 0 Å². The Hall–Kier alpha value is -2.09. The zero-order valence-corrected chi connectivity index (χ0v) is 9.76. The maximum absolute atomic E-state index is 6.08. The van der Waals surface area contributed by atoms with Gasteiger partial charge in [-0.15, -0.1) is 0 Å². The number of rotatable bonds is 0. The molecule has 0 saturated heterocycles. The van der Waals surface area contributed by atoms with Crippen molar-refractivity contribution in [3.8, 4) is 5.75 Å². The predicted molar refractivity (Wildman–Crippen MR) is 69.6 cm³/mol. The molecule has 2 atom stereocenters. The van der Waals surface area contributed by atoms with Gasteiger partial charge >= 0.3 is 0 Å². The molecule has 1 saturated carbocycles. The molecule has 2 aliphatic carbocycles. The number of hydrogen-bond acceptors (Lipinski definition) is 2. The third kappa shape index (κ3) is 0.798. The quantitative estimate of drug-likeness (QED) is 0.674. The lowest BCUT2D eigenvalue weighted by Crippen LogP contribution is -2.34. The first-order chi connectivity index (χ1) is 8.90. The van der Waals surface area contributed by atoms with Gasteiger partial charge in [0, 0.05) is 23.4 Å². The lowest BCUT2D eigenvalue weighted by atomic mass is 9.67. The number of ether oxygens (including phenoxy) is 1. The Labute approximate surface area is 105 Å². The van der Waals surface area contributed by atoms with Gasteiger partial charge in [-0.3, -0.25) is 4.99 Å². The van der Waals surface area contributed by atoms with E-state index in [0.717, 1.165) is 17.9 Å². The number of aliphatic imine (C=N–C) groups is 1. The lowest BCUT2D eigenvalue weighted by molar-refractivity contribution is 0.375. The average Bonchev–Trinajstić information content (AvgIpc) is 3.13. The van der Waals surface area contributed by atoms with E-state index >= 15 is 0 Å². The normalized spacial score (nSPS) is 33.1. The highest BCUT2D eigenvalue weighted by Gasteiger charge is 2.61. The Morgan fingerprint density at radius 1 is 1.28 bits per heavy atom. The first-order valence-electron chi connectivity index (χ1n) is 6.34. The van der Waals surface area contributed by atoms with Crippen molar-refractivity contribution in [3.63, 3.8) is 0 Å². The van der Waals surface area contributed by atoms with Crippen molar-refractivity contribution in [3.05, 3.63) is 65.6 Å². The molecule has 0 bridgehead atoms. The number of hydrogen-bond donors (Lipinski definition) is 0. The van der Waals surface area contributed by atoms with Crippen molar-refractivity contribution >= 4 is 5.71 Å². The molecule has 0 amide bonds. The minimum atomic E-state index is -0.0670. The van der Waals surface area contributed by atoms with Crippen molar-refractivity contribution in [2.45, 2.75) is 11.8 Å². The van der Waals surface area contributed by atoms with E-state index in [2.05, 4.69) is 41.4 Å². The van der Waals surface area contributed by atoms with E-state index in [1.54, 1.807) is 0 Å². The van der Waals surface area contributed by atoms with Gasteiger partial charge in [0.15, 0.2) is 0 Å². The number of allylic oxidation sites excluding steroid dienone is 4. The van der Waals surface area contributed by atoms with E-state index in [0.29, 0.717) is 5.92 Å². The minimum absolute atomic E-state index is 0.0670. The van der Waals surface area contributed by atoms with Gasteiger partial charge in [0.1, 0.15) is 11.5 Å². The summed E-state index contributed by atoms with van der Waals surface area (Å²) in [4.78, 5) is 4.54. The van der Waals surface area contributed by atoms with Crippen molar-refractivity contribution < 1.29 is 4.74 Å². The first kappa shape index (κ1) is 8.92. The Balaban J connectivity index is 1.89. The fourth-order valence-electron chi connectivity index (χ4n) is 3.60. The summed E-state index contributed by atoms with van der Waals surface area (Å²) in [5.41, 5.74) is 3.83. The molecule has 1 fully saturated rings. The van der Waals surface area contributed by atoms with Crippen LogP contribution in [0.4, 0.5) is 0 Å². The van der Waals surface area contributed by atoms with E-state index < -0.39 is 0 Å². The van der Waals surface area contributed by atoms with Crippen LogP contribution in [0.15, 0.2) is 65.0 Å². The molecule has 0 radical (unpaired) electrons. The summed E-state index contributed by atoms with van der Waals surface area (Å²) < 4.78 is 6.08. The number of benzene rings is 1. The third-order valence-corrected chi connectivity index (χ3v) is 4.45. The van der Waals surface area contributed by atoms with Crippen molar-refractivity contribution in [2.24, 2.45) is 10.9 Å². The van der Waals surface area contributed by atoms with Gasteiger partial charge in [0.05, 0.1) is 5.41 Å². The van der Waals surface area contributed by atoms with Crippen LogP contribution in [0.25, 0.3) is 0 Å². The third-order valence-electron chi connectivity index (χ3n) is 4.45. The highest BCUT2D eigenvalue weighted by molar-refractivity contribution is 6.05. The van der Waals surface area contributed by atoms with Gasteiger partial charge in [0.2, 0.25) is 0 Å². The highest BCUT2D eigenvalue weighted by Crippen LogP contribution is 2.62. The molecule has 0 aromatic heterocycles. The molecular weight excluding hydrogens is 222 g/mol. The van der Waals surface area contributed by atoms with Crippen LogP contribution in [-0.4, -0.2) is 5.71 Å². The number of para-hydroxylation sites is 1. The summed E-state index contributed by atoms with van der Waals surface area (Å²) in [5.74, 6) is 2.59. The highest BCUT2D eigenvalue weighted by atomic mass is 16.5. The fourth-order valence-corrected chi connectivity index (χ4v) is 3.60. The van der Waals surface area contributed by atoms with Crippen LogP contribution in [0.5, 0.6) is 5.75 Å². The Bertz CT molecular complexity index is 708. The van der Waals surface area contributed by atoms with Gasteiger partial charge in [-0.25, -0.2) is 0 Å². The molecule has 5 rings (SSSR count). The molecule has 2 heteroatoms. The van der Waals surface area contributed by atoms with Crippen molar-refractivity contribution in [1.82, 2.24) is 0 Å².